The summed E-state index contributed by atoms with van der Waals surface area (Å²) in [5.74, 6) is 0.152. The molecule has 2 aromatic carbocycles. The fraction of sp³-hybridized carbons (Fsp3) is 0.478. The molecule has 1 fully saturated rings. The summed E-state index contributed by atoms with van der Waals surface area (Å²) < 4.78 is 52.2. The first-order chi connectivity index (χ1) is 12.9. The van der Waals surface area contributed by atoms with Gasteiger partial charge in [0, 0.05) is 0 Å². The van der Waals surface area contributed by atoms with E-state index in [1.807, 2.05) is 24.3 Å². The number of unbranched alkanes of at least 4 members (excludes halogenated alkanes) is 1. The normalized spacial score (nSPS) is 20.6. The predicted octanol–water partition coefficient (Wildman–Crippen LogP) is 7.98. The van der Waals surface area contributed by atoms with Crippen LogP contribution in [0.25, 0.3) is 11.1 Å². The molecule has 0 radical (unpaired) electrons. The van der Waals surface area contributed by atoms with Gasteiger partial charge in [0.15, 0.2) is 0 Å². The lowest BCUT2D eigenvalue weighted by Crippen LogP contribution is -2.13. The van der Waals surface area contributed by atoms with E-state index in [0.717, 1.165) is 18.1 Å². The van der Waals surface area contributed by atoms with Crippen molar-refractivity contribution in [3.05, 3.63) is 59.4 Å². The van der Waals surface area contributed by atoms with Crippen LogP contribution >= 0.6 is 0 Å². The molecule has 0 heterocycles. The Kier molecular flexibility index (Phi) is 6.23. The summed E-state index contributed by atoms with van der Waals surface area (Å²) in [6.45, 7) is 2.23. The summed E-state index contributed by atoms with van der Waals surface area (Å²) in [5.41, 5.74) is 1.11. The average molecular weight is 378 g/mol. The molecule has 146 valence electrons. The zero-order chi connectivity index (χ0) is 19.4. The van der Waals surface area contributed by atoms with Gasteiger partial charge in [-0.1, -0.05) is 56.5 Å². The Labute approximate surface area is 158 Å². The fourth-order valence-corrected chi connectivity index (χ4v) is 4.15. The van der Waals surface area contributed by atoms with Crippen LogP contribution in [0.2, 0.25) is 0 Å². The second-order valence-electron chi connectivity index (χ2n) is 7.67. The molecule has 1 aliphatic carbocycles. The Hall–Kier alpha value is -1.84. The third-order valence-electron chi connectivity index (χ3n) is 5.80. The van der Waals surface area contributed by atoms with E-state index in [4.69, 9.17) is 0 Å². The van der Waals surface area contributed by atoms with E-state index in [1.54, 1.807) is 0 Å². The van der Waals surface area contributed by atoms with Crippen LogP contribution in [0, 0.1) is 11.7 Å². The minimum atomic E-state index is -4.68. The Morgan fingerprint density at radius 1 is 0.889 bits per heavy atom. The molecule has 2 aromatic rings. The third kappa shape index (κ3) is 4.91. The van der Waals surface area contributed by atoms with Gasteiger partial charge in [-0.15, -0.1) is 0 Å². The van der Waals surface area contributed by atoms with Crippen molar-refractivity contribution in [1.82, 2.24) is 0 Å². The first kappa shape index (κ1) is 19.9. The number of hydrogen-bond donors (Lipinski definition) is 0. The Morgan fingerprint density at radius 2 is 1.52 bits per heavy atom. The van der Waals surface area contributed by atoms with Crippen LogP contribution in [0.4, 0.5) is 17.6 Å². The molecular weight excluding hydrogens is 352 g/mol. The summed E-state index contributed by atoms with van der Waals surface area (Å²) in [6.07, 6.45) is 4.09. The van der Waals surface area contributed by atoms with E-state index >= 15 is 0 Å². The molecule has 0 saturated heterocycles. The van der Waals surface area contributed by atoms with Gasteiger partial charge in [-0.3, -0.25) is 0 Å². The van der Waals surface area contributed by atoms with Gasteiger partial charge in [0.25, 0.3) is 0 Å². The van der Waals surface area contributed by atoms with Crippen LogP contribution in [0.5, 0.6) is 0 Å². The first-order valence-corrected chi connectivity index (χ1v) is 9.85. The van der Waals surface area contributed by atoms with Gasteiger partial charge in [0.1, 0.15) is 5.82 Å². The summed E-state index contributed by atoms with van der Waals surface area (Å²) in [4.78, 5) is 0. The van der Waals surface area contributed by atoms with Crippen LogP contribution < -0.4 is 0 Å². The molecule has 0 amide bonds. The number of rotatable bonds is 5. The molecule has 3 rings (SSSR count). The molecular formula is C23H26F4. The monoisotopic (exact) mass is 378 g/mol. The summed E-state index contributed by atoms with van der Waals surface area (Å²) in [7, 11) is 0. The molecule has 0 aromatic heterocycles. The summed E-state index contributed by atoms with van der Waals surface area (Å²) >= 11 is 0. The second-order valence-corrected chi connectivity index (χ2v) is 7.67. The minimum Gasteiger partial charge on any atom is -0.206 e. The van der Waals surface area contributed by atoms with Crippen molar-refractivity contribution in [3.8, 4) is 11.1 Å². The highest BCUT2D eigenvalue weighted by atomic mass is 19.4. The second kappa shape index (κ2) is 8.45. The van der Waals surface area contributed by atoms with Gasteiger partial charge in [0.05, 0.1) is 5.56 Å². The van der Waals surface area contributed by atoms with E-state index < -0.39 is 17.6 Å². The molecule has 0 spiro atoms. The van der Waals surface area contributed by atoms with Crippen LogP contribution in [0.15, 0.2) is 42.5 Å². The van der Waals surface area contributed by atoms with Crippen LogP contribution in [-0.4, -0.2) is 0 Å². The third-order valence-corrected chi connectivity index (χ3v) is 5.80. The van der Waals surface area contributed by atoms with Crippen LogP contribution in [0.1, 0.15) is 68.9 Å². The maximum Gasteiger partial charge on any atom is 0.419 e. The van der Waals surface area contributed by atoms with Crippen LogP contribution in [0.3, 0.4) is 0 Å². The van der Waals surface area contributed by atoms with E-state index in [0.29, 0.717) is 17.0 Å². The highest BCUT2D eigenvalue weighted by molar-refractivity contribution is 5.65. The van der Waals surface area contributed by atoms with E-state index in [-0.39, 0.29) is 0 Å². The van der Waals surface area contributed by atoms with Crippen molar-refractivity contribution >= 4 is 0 Å². The van der Waals surface area contributed by atoms with E-state index in [2.05, 4.69) is 6.92 Å². The zero-order valence-electron chi connectivity index (χ0n) is 15.7. The quantitative estimate of drug-likeness (QED) is 0.463. The smallest absolute Gasteiger partial charge is 0.206 e. The molecule has 4 heteroatoms. The van der Waals surface area contributed by atoms with Gasteiger partial charge in [-0.05, 0) is 66.3 Å². The summed E-state index contributed by atoms with van der Waals surface area (Å²) in [5, 5.41) is 0. The first-order valence-electron chi connectivity index (χ1n) is 9.85. The fourth-order valence-electron chi connectivity index (χ4n) is 4.15. The minimum absolute atomic E-state index is 0.388. The average Bonchev–Trinajstić information content (AvgIpc) is 2.66. The molecule has 0 atom stereocenters. The van der Waals surface area contributed by atoms with E-state index in [1.165, 1.54) is 56.6 Å². The van der Waals surface area contributed by atoms with Crippen molar-refractivity contribution in [2.24, 2.45) is 5.92 Å². The maximum atomic E-state index is 13.5. The summed E-state index contributed by atoms with van der Waals surface area (Å²) in [6, 6.07) is 10.9. The highest BCUT2D eigenvalue weighted by Crippen LogP contribution is 2.39. The largest absolute Gasteiger partial charge is 0.419 e. The standard InChI is InChI=1S/C23H26F4/c1-2-3-4-16-5-7-17(8-6-16)18-9-11-19(12-10-18)20-13-14-22(24)21(15-20)23(25,26)27/h9-17H,2-8H2,1H3. The van der Waals surface area contributed by atoms with Crippen molar-refractivity contribution < 1.29 is 17.6 Å². The lowest BCUT2D eigenvalue weighted by molar-refractivity contribution is -0.139. The Bertz CT molecular complexity index is 738. The van der Waals surface area contributed by atoms with Crippen molar-refractivity contribution in [2.75, 3.05) is 0 Å². The van der Waals surface area contributed by atoms with Crippen LogP contribution in [-0.2, 0) is 6.18 Å². The molecule has 1 saturated carbocycles. The predicted molar refractivity (Wildman–Crippen MR) is 101 cm³/mol. The molecule has 0 bridgehead atoms. The lowest BCUT2D eigenvalue weighted by Gasteiger charge is -2.29. The van der Waals surface area contributed by atoms with Crippen molar-refractivity contribution in [3.63, 3.8) is 0 Å². The molecule has 0 aliphatic heterocycles. The molecule has 27 heavy (non-hydrogen) atoms. The highest BCUT2D eigenvalue weighted by Gasteiger charge is 2.34. The number of hydrogen-bond acceptors (Lipinski definition) is 0. The maximum absolute atomic E-state index is 13.5. The molecule has 0 N–H and O–H groups in total. The number of halogens is 4. The lowest BCUT2D eigenvalue weighted by atomic mass is 9.77. The van der Waals surface area contributed by atoms with Crippen molar-refractivity contribution in [1.29, 1.82) is 0 Å². The Balaban J connectivity index is 1.70. The zero-order valence-corrected chi connectivity index (χ0v) is 15.7. The molecule has 0 unspecified atom stereocenters. The van der Waals surface area contributed by atoms with Gasteiger partial charge >= 0.3 is 6.18 Å². The topological polar surface area (TPSA) is 0 Å². The SMILES string of the molecule is CCCCC1CCC(c2ccc(-c3ccc(F)c(C(F)(F)F)c3)cc2)CC1. The Morgan fingerprint density at radius 3 is 2.11 bits per heavy atom. The van der Waals surface area contributed by atoms with Gasteiger partial charge in [-0.2, -0.15) is 13.2 Å². The number of benzene rings is 2. The van der Waals surface area contributed by atoms with Gasteiger partial charge < -0.3 is 0 Å². The molecule has 0 nitrogen and oxygen atoms in total. The van der Waals surface area contributed by atoms with Gasteiger partial charge in [0.2, 0.25) is 0 Å². The van der Waals surface area contributed by atoms with Gasteiger partial charge in [-0.25, -0.2) is 4.39 Å². The molecule has 1 aliphatic rings. The number of alkyl halides is 3. The van der Waals surface area contributed by atoms with Crippen molar-refractivity contribution in [2.45, 2.75) is 64.0 Å². The van der Waals surface area contributed by atoms with E-state index in [9.17, 15) is 17.6 Å².